The topological polar surface area (TPSA) is 91.8 Å². The van der Waals surface area contributed by atoms with Crippen molar-refractivity contribution in [3.63, 3.8) is 0 Å². The van der Waals surface area contributed by atoms with E-state index >= 15 is 0 Å². The molecule has 0 spiro atoms. The minimum absolute atomic E-state index is 0.229. The molecule has 2 N–H and O–H groups in total. The van der Waals surface area contributed by atoms with E-state index in [-0.39, 0.29) is 5.56 Å². The van der Waals surface area contributed by atoms with E-state index in [1.807, 2.05) is 6.07 Å². The normalized spacial score (nSPS) is 10.7. The predicted molar refractivity (Wildman–Crippen MR) is 69.2 cm³/mol. The first-order chi connectivity index (χ1) is 9.24. The fourth-order valence-electron chi connectivity index (χ4n) is 1.72. The molecule has 0 aliphatic rings. The van der Waals surface area contributed by atoms with Gasteiger partial charge in [0, 0.05) is 5.39 Å². The van der Waals surface area contributed by atoms with Crippen molar-refractivity contribution < 1.29 is 9.90 Å². The van der Waals surface area contributed by atoms with Crippen molar-refractivity contribution in [3.8, 4) is 0 Å². The summed E-state index contributed by atoms with van der Waals surface area (Å²) in [5.74, 6) is -0.974. The van der Waals surface area contributed by atoms with Gasteiger partial charge in [0.1, 0.15) is 11.4 Å². The van der Waals surface area contributed by atoms with Gasteiger partial charge < -0.3 is 5.11 Å². The molecule has 0 unspecified atom stereocenters. The van der Waals surface area contributed by atoms with Crippen LogP contribution in [0.25, 0.3) is 10.9 Å². The molecule has 6 nitrogen and oxygen atoms in total. The number of aromatic carboxylic acids is 1. The predicted octanol–water partition coefficient (Wildman–Crippen LogP) is 2.20. The third kappa shape index (κ3) is 2.27. The maximum Gasteiger partial charge on any atom is 0.336 e. The number of benzene rings is 1. The van der Waals surface area contributed by atoms with Crippen LogP contribution in [0.2, 0.25) is 0 Å². The molecule has 0 atom stereocenters. The quantitative estimate of drug-likeness (QED) is 0.759. The Morgan fingerprint density at radius 2 is 2.16 bits per heavy atom. The van der Waals surface area contributed by atoms with Crippen LogP contribution >= 0.6 is 11.8 Å². The van der Waals surface area contributed by atoms with Crippen LogP contribution in [0.3, 0.4) is 0 Å². The Morgan fingerprint density at radius 1 is 1.32 bits per heavy atom. The molecule has 0 aliphatic heterocycles. The Balaban J connectivity index is 2.13. The summed E-state index contributed by atoms with van der Waals surface area (Å²) in [6.45, 7) is 0. The van der Waals surface area contributed by atoms with E-state index in [0.717, 1.165) is 0 Å². The average Bonchev–Trinajstić information content (AvgIpc) is 2.90. The van der Waals surface area contributed by atoms with Gasteiger partial charge in [-0.2, -0.15) is 5.10 Å². The molecule has 1 aromatic carbocycles. The van der Waals surface area contributed by atoms with Crippen LogP contribution < -0.4 is 0 Å². The van der Waals surface area contributed by atoms with Gasteiger partial charge in [-0.15, -0.1) is 0 Å². The number of rotatable bonds is 3. The number of H-pyrrole nitrogens is 1. The van der Waals surface area contributed by atoms with Gasteiger partial charge in [-0.25, -0.2) is 14.8 Å². The van der Waals surface area contributed by atoms with Crippen molar-refractivity contribution in [2.24, 2.45) is 0 Å². The average molecular weight is 272 g/mol. The van der Waals surface area contributed by atoms with Gasteiger partial charge in [-0.3, -0.25) is 5.10 Å². The van der Waals surface area contributed by atoms with Crippen LogP contribution in [0.5, 0.6) is 0 Å². The highest BCUT2D eigenvalue weighted by molar-refractivity contribution is 7.99. The molecule has 0 radical (unpaired) electrons. The van der Waals surface area contributed by atoms with Gasteiger partial charge in [0.25, 0.3) is 0 Å². The SMILES string of the molecule is O=C(O)c1cc(Sc2ncn[nH]2)nc2ccccc12. The molecule has 19 heavy (non-hydrogen) atoms. The molecule has 2 aromatic heterocycles. The minimum Gasteiger partial charge on any atom is -0.478 e. The Morgan fingerprint density at radius 3 is 2.89 bits per heavy atom. The highest BCUT2D eigenvalue weighted by Crippen LogP contribution is 2.27. The van der Waals surface area contributed by atoms with Crippen LogP contribution in [-0.2, 0) is 0 Å². The van der Waals surface area contributed by atoms with Crippen molar-refractivity contribution in [2.75, 3.05) is 0 Å². The fourth-order valence-corrected chi connectivity index (χ4v) is 2.44. The van der Waals surface area contributed by atoms with E-state index in [2.05, 4.69) is 20.2 Å². The highest BCUT2D eigenvalue weighted by atomic mass is 32.2. The summed E-state index contributed by atoms with van der Waals surface area (Å²) in [5.41, 5.74) is 0.872. The second-order valence-corrected chi connectivity index (χ2v) is 4.73. The van der Waals surface area contributed by atoms with Gasteiger partial charge in [0.05, 0.1) is 11.1 Å². The number of hydrogen-bond acceptors (Lipinski definition) is 5. The Kier molecular flexibility index (Phi) is 2.88. The minimum atomic E-state index is -0.974. The van der Waals surface area contributed by atoms with Gasteiger partial charge in [-0.1, -0.05) is 18.2 Å². The number of carboxylic acid groups (broad SMARTS) is 1. The van der Waals surface area contributed by atoms with E-state index in [4.69, 9.17) is 0 Å². The molecule has 3 rings (SSSR count). The zero-order valence-electron chi connectivity index (χ0n) is 9.57. The summed E-state index contributed by atoms with van der Waals surface area (Å²) in [6.07, 6.45) is 1.39. The highest BCUT2D eigenvalue weighted by Gasteiger charge is 2.12. The molecule has 2 heterocycles. The number of carboxylic acids is 1. The van der Waals surface area contributed by atoms with Crippen molar-refractivity contribution >= 4 is 28.6 Å². The summed E-state index contributed by atoms with van der Waals surface area (Å²) in [6, 6.07) is 8.68. The van der Waals surface area contributed by atoms with Gasteiger partial charge in [0.15, 0.2) is 5.16 Å². The molecule has 0 amide bonds. The number of nitrogens with one attached hydrogen (secondary N) is 1. The van der Waals surface area contributed by atoms with Crippen LogP contribution in [0.4, 0.5) is 0 Å². The fraction of sp³-hybridized carbons (Fsp3) is 0. The molecule has 0 bridgehead atoms. The summed E-state index contributed by atoms with van der Waals surface area (Å²) in [5, 5.41) is 17.4. The van der Waals surface area contributed by atoms with Crippen molar-refractivity contribution in [2.45, 2.75) is 10.2 Å². The first kappa shape index (κ1) is 11.7. The van der Waals surface area contributed by atoms with E-state index < -0.39 is 5.97 Å². The molecule has 7 heteroatoms. The first-order valence-electron chi connectivity index (χ1n) is 5.40. The zero-order chi connectivity index (χ0) is 13.2. The molecular formula is C12H8N4O2S. The largest absolute Gasteiger partial charge is 0.478 e. The van der Waals surface area contributed by atoms with Crippen molar-refractivity contribution in [3.05, 3.63) is 42.2 Å². The van der Waals surface area contributed by atoms with E-state index in [1.54, 1.807) is 18.2 Å². The lowest BCUT2D eigenvalue weighted by atomic mass is 10.1. The standard InChI is InChI=1S/C12H8N4O2S/c17-11(18)8-5-10(19-12-13-6-14-16-12)15-9-4-2-1-3-7(8)9/h1-6H,(H,17,18)(H,13,14,16). The number of pyridine rings is 1. The molecule has 0 saturated carbocycles. The first-order valence-corrected chi connectivity index (χ1v) is 6.22. The molecule has 3 aromatic rings. The third-order valence-corrected chi connectivity index (χ3v) is 3.33. The number of para-hydroxylation sites is 1. The number of aromatic nitrogens is 4. The smallest absolute Gasteiger partial charge is 0.336 e. The number of hydrogen-bond donors (Lipinski definition) is 2. The maximum absolute atomic E-state index is 11.3. The number of aromatic amines is 1. The molecule has 0 aliphatic carbocycles. The molecule has 94 valence electrons. The number of carbonyl (C=O) groups is 1. The molecule has 0 saturated heterocycles. The summed E-state index contributed by atoms with van der Waals surface area (Å²) in [4.78, 5) is 19.7. The van der Waals surface area contributed by atoms with E-state index in [9.17, 15) is 9.90 Å². The Bertz CT molecular complexity index is 743. The lowest BCUT2D eigenvalue weighted by Gasteiger charge is -2.04. The van der Waals surface area contributed by atoms with E-state index in [0.29, 0.717) is 21.1 Å². The lowest BCUT2D eigenvalue weighted by molar-refractivity contribution is 0.0698. The van der Waals surface area contributed by atoms with Crippen molar-refractivity contribution in [1.82, 2.24) is 20.2 Å². The van der Waals surface area contributed by atoms with Crippen LogP contribution in [0.15, 0.2) is 46.8 Å². The second-order valence-electron chi connectivity index (χ2n) is 3.72. The van der Waals surface area contributed by atoms with E-state index in [1.165, 1.54) is 24.2 Å². The zero-order valence-corrected chi connectivity index (χ0v) is 10.4. The maximum atomic E-state index is 11.3. The second kappa shape index (κ2) is 4.69. The Hall–Kier alpha value is -2.41. The van der Waals surface area contributed by atoms with Crippen LogP contribution in [0.1, 0.15) is 10.4 Å². The number of fused-ring (bicyclic) bond motifs is 1. The summed E-state index contributed by atoms with van der Waals surface area (Å²) >= 11 is 1.24. The summed E-state index contributed by atoms with van der Waals surface area (Å²) in [7, 11) is 0. The van der Waals surface area contributed by atoms with Crippen LogP contribution in [0, 0.1) is 0 Å². The van der Waals surface area contributed by atoms with Gasteiger partial charge >= 0.3 is 5.97 Å². The van der Waals surface area contributed by atoms with Crippen molar-refractivity contribution in [1.29, 1.82) is 0 Å². The monoisotopic (exact) mass is 272 g/mol. The van der Waals surface area contributed by atoms with Crippen LogP contribution in [-0.4, -0.2) is 31.2 Å². The van der Waals surface area contributed by atoms with Gasteiger partial charge in [0.2, 0.25) is 0 Å². The third-order valence-electron chi connectivity index (χ3n) is 2.52. The molecule has 0 fully saturated rings. The number of nitrogens with zero attached hydrogens (tertiary/aromatic N) is 3. The lowest BCUT2D eigenvalue weighted by Crippen LogP contribution is -1.99. The Labute approximate surface area is 111 Å². The summed E-state index contributed by atoms with van der Waals surface area (Å²) < 4.78 is 0. The van der Waals surface area contributed by atoms with Gasteiger partial charge in [-0.05, 0) is 23.9 Å². The molecular weight excluding hydrogens is 264 g/mol.